The summed E-state index contributed by atoms with van der Waals surface area (Å²) < 4.78 is 32.4. The molecule has 28 heavy (non-hydrogen) atoms. The quantitative estimate of drug-likeness (QED) is 0.203. The Hall–Kier alpha value is -2.74. The van der Waals surface area contributed by atoms with Crippen LogP contribution in [0.4, 0.5) is 8.78 Å². The highest BCUT2D eigenvalue weighted by molar-refractivity contribution is 9.10. The number of hydrogen-bond acceptors (Lipinski definition) is 4. The van der Waals surface area contributed by atoms with Crippen molar-refractivity contribution in [3.05, 3.63) is 74.9 Å². The maximum absolute atomic E-state index is 14.1. The molecule has 0 saturated carbocycles. The van der Waals surface area contributed by atoms with E-state index in [0.717, 1.165) is 11.6 Å². The fraction of sp³-hybridized carbons (Fsp3) is 0.200. The summed E-state index contributed by atoms with van der Waals surface area (Å²) in [5.41, 5.74) is -0.135. The van der Waals surface area contributed by atoms with Crippen molar-refractivity contribution in [3.8, 4) is 5.75 Å². The predicted octanol–water partition coefficient (Wildman–Crippen LogP) is 4.46. The smallest absolute Gasteiger partial charge is 0.341 e. The van der Waals surface area contributed by atoms with Crippen LogP contribution in [0.5, 0.6) is 5.75 Å². The summed E-state index contributed by atoms with van der Waals surface area (Å²) in [6.07, 6.45) is 0.202. The standard InChI is InChI=1S/C20H18BrF2NO4/c1-3-17(24-10-11-4-6-12(28-2)7-5-11)18(20(26)27)19(25)13-8-14(21)16(23)9-15(13)22/h4-9,24H,3,10H2,1-2H3,(H,26,27). The summed E-state index contributed by atoms with van der Waals surface area (Å²) in [6.45, 7) is 1.93. The van der Waals surface area contributed by atoms with Crippen molar-refractivity contribution in [1.82, 2.24) is 5.32 Å². The van der Waals surface area contributed by atoms with Crippen molar-refractivity contribution in [2.24, 2.45) is 0 Å². The third-order valence-corrected chi connectivity index (χ3v) is 4.62. The van der Waals surface area contributed by atoms with Gasteiger partial charge in [0, 0.05) is 18.3 Å². The Morgan fingerprint density at radius 1 is 1.14 bits per heavy atom. The summed E-state index contributed by atoms with van der Waals surface area (Å²) in [7, 11) is 1.54. The summed E-state index contributed by atoms with van der Waals surface area (Å²) in [6, 6.07) is 8.55. The Morgan fingerprint density at radius 2 is 1.79 bits per heavy atom. The van der Waals surface area contributed by atoms with Crippen LogP contribution >= 0.6 is 15.9 Å². The molecule has 0 aliphatic rings. The zero-order chi connectivity index (χ0) is 20.8. The fourth-order valence-corrected chi connectivity index (χ4v) is 2.88. The predicted molar refractivity (Wildman–Crippen MR) is 103 cm³/mol. The largest absolute Gasteiger partial charge is 0.497 e. The van der Waals surface area contributed by atoms with Crippen molar-refractivity contribution >= 4 is 27.7 Å². The van der Waals surface area contributed by atoms with Gasteiger partial charge in [0.05, 0.1) is 17.1 Å². The third kappa shape index (κ3) is 4.95. The lowest BCUT2D eigenvalue weighted by molar-refractivity contribution is -0.132. The molecule has 0 unspecified atom stereocenters. The average molecular weight is 454 g/mol. The number of nitrogens with one attached hydrogen (secondary N) is 1. The summed E-state index contributed by atoms with van der Waals surface area (Å²) in [4.78, 5) is 24.4. The number of ether oxygens (including phenoxy) is 1. The second-order valence-corrected chi connectivity index (χ2v) is 6.64. The van der Waals surface area contributed by atoms with E-state index in [0.29, 0.717) is 11.8 Å². The van der Waals surface area contributed by atoms with Crippen molar-refractivity contribution in [2.45, 2.75) is 19.9 Å². The van der Waals surface area contributed by atoms with Crippen LogP contribution in [0.25, 0.3) is 0 Å². The molecule has 0 atom stereocenters. The van der Waals surface area contributed by atoms with E-state index in [-0.39, 0.29) is 23.1 Å². The second kappa shape index (κ2) is 9.45. The number of ketones is 1. The van der Waals surface area contributed by atoms with Gasteiger partial charge in [-0.2, -0.15) is 0 Å². The first kappa shape index (κ1) is 21.6. The van der Waals surface area contributed by atoms with E-state index in [4.69, 9.17) is 4.74 Å². The molecule has 5 nitrogen and oxygen atoms in total. The van der Waals surface area contributed by atoms with Gasteiger partial charge in [-0.3, -0.25) is 4.79 Å². The van der Waals surface area contributed by atoms with Crippen molar-refractivity contribution in [3.63, 3.8) is 0 Å². The van der Waals surface area contributed by atoms with Crippen LogP contribution in [0, 0.1) is 11.6 Å². The van der Waals surface area contributed by atoms with Gasteiger partial charge in [-0.1, -0.05) is 19.1 Å². The first-order valence-corrected chi connectivity index (χ1v) is 9.10. The zero-order valence-electron chi connectivity index (χ0n) is 15.2. The molecule has 0 spiro atoms. The summed E-state index contributed by atoms with van der Waals surface area (Å²) >= 11 is 2.88. The van der Waals surface area contributed by atoms with Gasteiger partial charge in [0.1, 0.15) is 23.0 Å². The number of carboxylic acid groups (broad SMARTS) is 1. The Bertz CT molecular complexity index is 927. The number of halogens is 3. The van der Waals surface area contributed by atoms with Gasteiger partial charge in [0.25, 0.3) is 0 Å². The molecule has 148 valence electrons. The topological polar surface area (TPSA) is 75.6 Å². The van der Waals surface area contributed by atoms with Gasteiger partial charge in [-0.05, 0) is 46.1 Å². The molecule has 2 rings (SSSR count). The first-order valence-electron chi connectivity index (χ1n) is 8.31. The van der Waals surface area contributed by atoms with Crippen LogP contribution in [0.15, 0.2) is 52.1 Å². The molecule has 2 N–H and O–H groups in total. The van der Waals surface area contributed by atoms with Crippen LogP contribution in [-0.2, 0) is 11.3 Å². The Kier molecular flexibility index (Phi) is 7.28. The van der Waals surface area contributed by atoms with E-state index in [9.17, 15) is 23.5 Å². The number of allylic oxidation sites excluding steroid dienone is 1. The number of carboxylic acids is 1. The molecule has 0 aliphatic heterocycles. The number of Topliss-reactive ketones (excluding diaryl/α,β-unsaturated/α-hetero) is 1. The number of rotatable bonds is 8. The molecule has 2 aromatic carbocycles. The fourth-order valence-electron chi connectivity index (χ4n) is 2.54. The highest BCUT2D eigenvalue weighted by Gasteiger charge is 2.26. The molecule has 0 aromatic heterocycles. The number of benzene rings is 2. The van der Waals surface area contributed by atoms with E-state index in [1.54, 1.807) is 38.3 Å². The van der Waals surface area contributed by atoms with Gasteiger partial charge >= 0.3 is 5.97 Å². The SMILES string of the molecule is CCC(NCc1ccc(OC)cc1)=C(C(=O)O)C(=O)c1cc(Br)c(F)cc1F. The molecular formula is C20H18BrF2NO4. The number of methoxy groups -OCH3 is 1. The van der Waals surface area contributed by atoms with Crippen LogP contribution in [0.2, 0.25) is 0 Å². The molecular weight excluding hydrogens is 436 g/mol. The average Bonchev–Trinajstić information content (AvgIpc) is 2.67. The zero-order valence-corrected chi connectivity index (χ0v) is 16.8. The van der Waals surface area contributed by atoms with E-state index in [1.165, 1.54) is 0 Å². The molecule has 0 fully saturated rings. The molecule has 0 saturated heterocycles. The van der Waals surface area contributed by atoms with E-state index in [2.05, 4.69) is 21.2 Å². The molecule has 0 radical (unpaired) electrons. The van der Waals surface area contributed by atoms with Crippen molar-refractivity contribution in [2.75, 3.05) is 7.11 Å². The molecule has 8 heteroatoms. The van der Waals surface area contributed by atoms with Crippen LogP contribution in [0.1, 0.15) is 29.3 Å². The summed E-state index contributed by atoms with van der Waals surface area (Å²) in [5, 5.41) is 12.5. The first-order chi connectivity index (χ1) is 13.3. The lowest BCUT2D eigenvalue weighted by atomic mass is 9.99. The van der Waals surface area contributed by atoms with Gasteiger partial charge in [-0.15, -0.1) is 0 Å². The Balaban J connectivity index is 2.36. The van der Waals surface area contributed by atoms with E-state index >= 15 is 0 Å². The minimum atomic E-state index is -1.50. The van der Waals surface area contributed by atoms with Crippen LogP contribution in [-0.4, -0.2) is 24.0 Å². The summed E-state index contributed by atoms with van der Waals surface area (Å²) in [5.74, 6) is -3.87. The normalized spacial score (nSPS) is 11.6. The van der Waals surface area contributed by atoms with Crippen LogP contribution in [0.3, 0.4) is 0 Å². The molecule has 0 heterocycles. The number of carbonyl (C=O) groups is 2. The molecule has 2 aromatic rings. The van der Waals surface area contributed by atoms with Gasteiger partial charge < -0.3 is 15.2 Å². The third-order valence-electron chi connectivity index (χ3n) is 4.02. The van der Waals surface area contributed by atoms with Gasteiger partial charge in [-0.25, -0.2) is 13.6 Å². The maximum Gasteiger partial charge on any atom is 0.341 e. The molecule has 0 amide bonds. The minimum absolute atomic E-state index is 0.133. The van der Waals surface area contributed by atoms with Crippen molar-refractivity contribution < 1.29 is 28.2 Å². The van der Waals surface area contributed by atoms with E-state index in [1.807, 2.05) is 0 Å². The monoisotopic (exact) mass is 453 g/mol. The van der Waals surface area contributed by atoms with Gasteiger partial charge in [0.15, 0.2) is 0 Å². The van der Waals surface area contributed by atoms with Gasteiger partial charge in [0.2, 0.25) is 5.78 Å². The van der Waals surface area contributed by atoms with E-state index < -0.39 is 34.5 Å². The number of carbonyl (C=O) groups excluding carboxylic acids is 1. The maximum atomic E-state index is 14.1. The number of aliphatic carboxylic acids is 1. The van der Waals surface area contributed by atoms with Crippen molar-refractivity contribution in [1.29, 1.82) is 0 Å². The number of hydrogen-bond donors (Lipinski definition) is 2. The highest BCUT2D eigenvalue weighted by Crippen LogP contribution is 2.24. The second-order valence-electron chi connectivity index (χ2n) is 5.79. The highest BCUT2D eigenvalue weighted by atomic mass is 79.9. The molecule has 0 aliphatic carbocycles. The Morgan fingerprint density at radius 3 is 2.32 bits per heavy atom. The molecule has 0 bridgehead atoms. The van der Waals surface area contributed by atoms with Crippen LogP contribution < -0.4 is 10.1 Å². The minimum Gasteiger partial charge on any atom is -0.497 e. The lowest BCUT2D eigenvalue weighted by Gasteiger charge is -2.14. The lowest BCUT2D eigenvalue weighted by Crippen LogP contribution is -2.23. The Labute approximate surface area is 169 Å².